The van der Waals surface area contributed by atoms with Crippen LogP contribution in [-0.4, -0.2) is 22.8 Å². The molecule has 0 saturated heterocycles. The molecular formula is C18H18ClN3O4. The summed E-state index contributed by atoms with van der Waals surface area (Å²) < 4.78 is 0. The van der Waals surface area contributed by atoms with Crippen molar-refractivity contribution in [2.24, 2.45) is 0 Å². The number of nitrogens with zero attached hydrogens (tertiary/aromatic N) is 1. The molecule has 0 aliphatic rings. The summed E-state index contributed by atoms with van der Waals surface area (Å²) in [4.78, 5) is 34.9. The normalized spacial score (nSPS) is 10.5. The Kier molecular flexibility index (Phi) is 5.94. The number of hydrogen-bond donors (Lipinski definition) is 2. The Balaban J connectivity index is 2.24. The van der Waals surface area contributed by atoms with Crippen molar-refractivity contribution in [3.63, 3.8) is 0 Å². The molecule has 0 radical (unpaired) electrons. The fourth-order valence-electron chi connectivity index (χ4n) is 2.30. The molecule has 0 fully saturated rings. The monoisotopic (exact) mass is 375 g/mol. The molecule has 0 aliphatic heterocycles. The van der Waals surface area contributed by atoms with Gasteiger partial charge in [-0.15, -0.1) is 0 Å². The zero-order valence-electron chi connectivity index (χ0n) is 14.5. The second-order valence-electron chi connectivity index (χ2n) is 6.04. The van der Waals surface area contributed by atoms with Crippen molar-refractivity contribution < 1.29 is 14.5 Å². The molecule has 2 aromatic rings. The number of carbonyl (C=O) groups excluding carboxylic acids is 2. The van der Waals surface area contributed by atoms with Crippen LogP contribution in [0.4, 0.5) is 11.4 Å². The minimum absolute atomic E-state index is 0.0284. The summed E-state index contributed by atoms with van der Waals surface area (Å²) in [5.41, 5.74) is 1.20. The van der Waals surface area contributed by atoms with Gasteiger partial charge in [0, 0.05) is 28.8 Å². The number of hydrogen-bond acceptors (Lipinski definition) is 4. The highest BCUT2D eigenvalue weighted by Gasteiger charge is 2.16. The summed E-state index contributed by atoms with van der Waals surface area (Å²) >= 11 is 6.10. The number of nitro groups is 1. The predicted molar refractivity (Wildman–Crippen MR) is 99.8 cm³/mol. The second-order valence-corrected chi connectivity index (χ2v) is 6.44. The molecule has 0 saturated carbocycles. The lowest BCUT2D eigenvalue weighted by atomic mass is 10.1. The van der Waals surface area contributed by atoms with Crippen molar-refractivity contribution in [2.75, 3.05) is 5.32 Å². The second kappa shape index (κ2) is 7.97. The van der Waals surface area contributed by atoms with Crippen LogP contribution in [0.25, 0.3) is 0 Å². The van der Waals surface area contributed by atoms with Crippen LogP contribution in [-0.2, 0) is 0 Å². The van der Waals surface area contributed by atoms with E-state index in [0.29, 0.717) is 11.1 Å². The quantitative estimate of drug-likeness (QED) is 0.610. The number of nitrogens with one attached hydrogen (secondary N) is 2. The molecule has 0 bridgehead atoms. The first-order valence-electron chi connectivity index (χ1n) is 7.86. The third kappa shape index (κ3) is 4.58. The average Bonchev–Trinajstić information content (AvgIpc) is 2.55. The molecule has 7 nitrogen and oxygen atoms in total. The van der Waals surface area contributed by atoms with Crippen LogP contribution in [0.5, 0.6) is 0 Å². The number of amides is 2. The Morgan fingerprint density at radius 1 is 1.08 bits per heavy atom. The summed E-state index contributed by atoms with van der Waals surface area (Å²) in [6.45, 7) is 5.24. The Bertz CT molecular complexity index is 881. The predicted octanol–water partition coefficient (Wildman–Crippen LogP) is 3.95. The standard InChI is InChI=1S/C18H18ClN3O4/c1-10(2)20-17(23)13-4-6-14(19)15(9-13)21-18(24)12-5-7-16(22(25)26)11(3)8-12/h4-10H,1-3H3,(H,20,23)(H,21,24). The van der Waals surface area contributed by atoms with Crippen LogP contribution >= 0.6 is 11.6 Å². The summed E-state index contributed by atoms with van der Waals surface area (Å²) in [5.74, 6) is -0.760. The van der Waals surface area contributed by atoms with E-state index in [1.54, 1.807) is 13.0 Å². The van der Waals surface area contributed by atoms with E-state index in [4.69, 9.17) is 11.6 Å². The summed E-state index contributed by atoms with van der Waals surface area (Å²) in [7, 11) is 0. The third-order valence-corrected chi connectivity index (χ3v) is 3.88. The minimum atomic E-state index is -0.509. The van der Waals surface area contributed by atoms with Gasteiger partial charge in [0.25, 0.3) is 17.5 Å². The number of nitro benzene ring substituents is 1. The number of aryl methyl sites for hydroxylation is 1. The van der Waals surface area contributed by atoms with Gasteiger partial charge in [-0.1, -0.05) is 11.6 Å². The van der Waals surface area contributed by atoms with Gasteiger partial charge in [-0.05, 0) is 51.1 Å². The van der Waals surface area contributed by atoms with Gasteiger partial charge in [-0.2, -0.15) is 0 Å². The zero-order valence-corrected chi connectivity index (χ0v) is 15.3. The highest BCUT2D eigenvalue weighted by atomic mass is 35.5. The summed E-state index contributed by atoms with van der Waals surface area (Å²) in [6, 6.07) is 8.60. The molecule has 0 unspecified atom stereocenters. The highest BCUT2D eigenvalue weighted by Crippen LogP contribution is 2.25. The fourth-order valence-corrected chi connectivity index (χ4v) is 2.47. The molecule has 136 valence electrons. The van der Waals surface area contributed by atoms with E-state index >= 15 is 0 Å². The van der Waals surface area contributed by atoms with E-state index < -0.39 is 10.8 Å². The number of rotatable bonds is 5. The van der Waals surface area contributed by atoms with Gasteiger partial charge in [0.05, 0.1) is 15.6 Å². The van der Waals surface area contributed by atoms with Crippen molar-refractivity contribution in [3.8, 4) is 0 Å². The van der Waals surface area contributed by atoms with Gasteiger partial charge >= 0.3 is 0 Å². The zero-order chi connectivity index (χ0) is 19.4. The van der Waals surface area contributed by atoms with Gasteiger partial charge in [0.2, 0.25) is 0 Å². The molecule has 2 rings (SSSR count). The van der Waals surface area contributed by atoms with Crippen LogP contribution in [0.3, 0.4) is 0 Å². The van der Waals surface area contributed by atoms with Crippen molar-refractivity contribution in [1.82, 2.24) is 5.32 Å². The largest absolute Gasteiger partial charge is 0.350 e. The maximum atomic E-state index is 12.4. The summed E-state index contributed by atoms with van der Waals surface area (Å²) in [6.07, 6.45) is 0. The molecule has 0 aromatic heterocycles. The number of carbonyl (C=O) groups is 2. The smallest absolute Gasteiger partial charge is 0.272 e. The lowest BCUT2D eigenvalue weighted by Gasteiger charge is -2.12. The average molecular weight is 376 g/mol. The fraction of sp³-hybridized carbons (Fsp3) is 0.222. The first-order valence-corrected chi connectivity index (χ1v) is 8.23. The molecule has 0 spiro atoms. The molecular weight excluding hydrogens is 358 g/mol. The van der Waals surface area contributed by atoms with Gasteiger partial charge in [-0.3, -0.25) is 19.7 Å². The SMILES string of the molecule is Cc1cc(C(=O)Nc2cc(C(=O)NC(C)C)ccc2Cl)ccc1[N+](=O)[O-]. The molecule has 2 N–H and O–H groups in total. The van der Waals surface area contributed by atoms with E-state index in [0.717, 1.165) is 0 Å². The van der Waals surface area contributed by atoms with Gasteiger partial charge < -0.3 is 10.6 Å². The maximum absolute atomic E-state index is 12.4. The van der Waals surface area contributed by atoms with Crippen molar-refractivity contribution in [1.29, 1.82) is 0 Å². The molecule has 2 amide bonds. The van der Waals surface area contributed by atoms with Gasteiger partial charge in [-0.25, -0.2) is 0 Å². The molecule has 26 heavy (non-hydrogen) atoms. The lowest BCUT2D eigenvalue weighted by Crippen LogP contribution is -2.30. The van der Waals surface area contributed by atoms with Crippen molar-refractivity contribution >= 4 is 34.8 Å². The van der Waals surface area contributed by atoms with E-state index in [9.17, 15) is 19.7 Å². The Morgan fingerprint density at radius 3 is 2.27 bits per heavy atom. The van der Waals surface area contributed by atoms with Crippen LogP contribution < -0.4 is 10.6 Å². The van der Waals surface area contributed by atoms with Gasteiger partial charge in [0.1, 0.15) is 0 Å². The van der Waals surface area contributed by atoms with E-state index in [2.05, 4.69) is 10.6 Å². The third-order valence-electron chi connectivity index (χ3n) is 3.55. The van der Waals surface area contributed by atoms with E-state index in [1.807, 2.05) is 13.8 Å². The number of anilines is 1. The molecule has 0 heterocycles. The van der Waals surface area contributed by atoms with Crippen LogP contribution in [0.1, 0.15) is 40.1 Å². The van der Waals surface area contributed by atoms with Crippen molar-refractivity contribution in [3.05, 3.63) is 68.2 Å². The summed E-state index contributed by atoms with van der Waals surface area (Å²) in [5, 5.41) is 16.5. The lowest BCUT2D eigenvalue weighted by molar-refractivity contribution is -0.385. The van der Waals surface area contributed by atoms with Crippen LogP contribution in [0.15, 0.2) is 36.4 Å². The molecule has 8 heteroatoms. The van der Waals surface area contributed by atoms with Crippen LogP contribution in [0.2, 0.25) is 5.02 Å². The van der Waals surface area contributed by atoms with E-state index in [1.165, 1.54) is 30.3 Å². The Morgan fingerprint density at radius 2 is 1.69 bits per heavy atom. The number of halogens is 1. The molecule has 0 aliphatic carbocycles. The Labute approximate surface area is 155 Å². The van der Waals surface area contributed by atoms with Crippen LogP contribution in [0, 0.1) is 17.0 Å². The first-order chi connectivity index (χ1) is 12.2. The highest BCUT2D eigenvalue weighted by molar-refractivity contribution is 6.34. The molecule has 0 atom stereocenters. The van der Waals surface area contributed by atoms with E-state index in [-0.39, 0.29) is 33.9 Å². The van der Waals surface area contributed by atoms with Crippen molar-refractivity contribution in [2.45, 2.75) is 26.8 Å². The maximum Gasteiger partial charge on any atom is 0.272 e. The number of benzene rings is 2. The Hall–Kier alpha value is -2.93. The topological polar surface area (TPSA) is 101 Å². The molecule has 2 aromatic carbocycles. The minimum Gasteiger partial charge on any atom is -0.350 e. The van der Waals surface area contributed by atoms with Gasteiger partial charge in [0.15, 0.2) is 0 Å². The first kappa shape index (κ1) is 19.4.